The highest BCUT2D eigenvalue weighted by molar-refractivity contribution is 6.33. The molecule has 1 aromatic rings. The molecule has 1 N–H and O–H groups in total. The summed E-state index contributed by atoms with van der Waals surface area (Å²) < 4.78 is 37.1. The number of nitrogens with one attached hydrogen (secondary N) is 1. The van der Waals surface area contributed by atoms with Crippen LogP contribution in [0.15, 0.2) is 18.2 Å². The van der Waals surface area contributed by atoms with Gasteiger partial charge < -0.3 is 10.2 Å². The standard InChI is InChI=1S/C11H14ClF3N2/c1-17(2)6-5-16-10-4-3-8(7-9(10)12)11(13,14)15/h3-4,7,16H,5-6H2,1-2H3. The first-order valence-corrected chi connectivity index (χ1v) is 5.44. The van der Waals surface area contributed by atoms with Crippen molar-refractivity contribution in [2.75, 3.05) is 32.5 Å². The van der Waals surface area contributed by atoms with Crippen molar-refractivity contribution in [3.63, 3.8) is 0 Å². The van der Waals surface area contributed by atoms with Crippen molar-refractivity contribution in [3.05, 3.63) is 28.8 Å². The summed E-state index contributed by atoms with van der Waals surface area (Å²) >= 11 is 5.77. The van der Waals surface area contributed by atoms with Crippen LogP contribution in [-0.2, 0) is 6.18 Å². The lowest BCUT2D eigenvalue weighted by Gasteiger charge is -2.13. The van der Waals surface area contributed by atoms with Gasteiger partial charge in [-0.2, -0.15) is 13.2 Å². The van der Waals surface area contributed by atoms with Crippen molar-refractivity contribution in [2.45, 2.75) is 6.18 Å². The number of rotatable bonds is 4. The quantitative estimate of drug-likeness (QED) is 0.899. The maximum atomic E-state index is 12.4. The minimum atomic E-state index is -4.36. The monoisotopic (exact) mass is 266 g/mol. The molecule has 0 radical (unpaired) electrons. The van der Waals surface area contributed by atoms with Crippen LogP contribution < -0.4 is 5.32 Å². The van der Waals surface area contributed by atoms with Crippen LogP contribution in [0.2, 0.25) is 5.02 Å². The third kappa shape index (κ3) is 4.44. The Morgan fingerprint density at radius 1 is 1.29 bits per heavy atom. The normalized spacial score (nSPS) is 11.9. The number of nitrogens with zero attached hydrogens (tertiary/aromatic N) is 1. The lowest BCUT2D eigenvalue weighted by atomic mass is 10.2. The summed E-state index contributed by atoms with van der Waals surface area (Å²) in [5, 5.41) is 3.06. The summed E-state index contributed by atoms with van der Waals surface area (Å²) in [7, 11) is 3.83. The fourth-order valence-corrected chi connectivity index (χ4v) is 1.50. The van der Waals surface area contributed by atoms with Crippen molar-refractivity contribution in [1.29, 1.82) is 0 Å². The van der Waals surface area contributed by atoms with E-state index in [1.54, 1.807) is 0 Å². The number of halogens is 4. The highest BCUT2D eigenvalue weighted by Gasteiger charge is 2.30. The summed E-state index contributed by atoms with van der Waals surface area (Å²) in [5.41, 5.74) is -0.220. The van der Waals surface area contributed by atoms with Gasteiger partial charge in [-0.15, -0.1) is 0 Å². The molecular formula is C11H14ClF3N2. The van der Waals surface area contributed by atoms with Crippen LogP contribution in [0.25, 0.3) is 0 Å². The van der Waals surface area contributed by atoms with Gasteiger partial charge in [-0.05, 0) is 32.3 Å². The topological polar surface area (TPSA) is 15.3 Å². The lowest BCUT2D eigenvalue weighted by Crippen LogP contribution is -2.20. The van der Waals surface area contributed by atoms with E-state index in [-0.39, 0.29) is 5.02 Å². The molecule has 0 aliphatic heterocycles. The first kappa shape index (κ1) is 14.1. The summed E-state index contributed by atoms with van der Waals surface area (Å²) in [4.78, 5) is 1.96. The Kier molecular flexibility index (Phi) is 4.65. The highest BCUT2D eigenvalue weighted by Crippen LogP contribution is 2.33. The molecule has 0 amide bonds. The molecule has 0 fully saturated rings. The molecule has 17 heavy (non-hydrogen) atoms. The van der Waals surface area contributed by atoms with E-state index in [1.165, 1.54) is 6.07 Å². The van der Waals surface area contributed by atoms with Crippen molar-refractivity contribution in [3.8, 4) is 0 Å². The number of hydrogen-bond donors (Lipinski definition) is 1. The van der Waals surface area contributed by atoms with E-state index in [0.717, 1.165) is 18.7 Å². The summed E-state index contributed by atoms with van der Waals surface area (Å²) in [6.07, 6.45) is -4.36. The molecule has 1 aromatic carbocycles. The third-order valence-electron chi connectivity index (χ3n) is 2.17. The van der Waals surface area contributed by atoms with Gasteiger partial charge in [0.05, 0.1) is 16.3 Å². The smallest absolute Gasteiger partial charge is 0.383 e. The predicted molar refractivity (Wildman–Crippen MR) is 63.5 cm³/mol. The van der Waals surface area contributed by atoms with E-state index in [1.807, 2.05) is 19.0 Å². The summed E-state index contributed by atoms with van der Waals surface area (Å²) in [5.74, 6) is 0. The molecule has 0 bridgehead atoms. The van der Waals surface area contributed by atoms with Crippen LogP contribution in [-0.4, -0.2) is 32.1 Å². The van der Waals surface area contributed by atoms with Crippen LogP contribution in [0, 0.1) is 0 Å². The van der Waals surface area contributed by atoms with E-state index in [0.29, 0.717) is 12.2 Å². The first-order chi connectivity index (χ1) is 7.80. The SMILES string of the molecule is CN(C)CCNc1ccc(C(F)(F)F)cc1Cl. The third-order valence-corrected chi connectivity index (χ3v) is 2.48. The fraction of sp³-hybridized carbons (Fsp3) is 0.455. The first-order valence-electron chi connectivity index (χ1n) is 5.06. The molecule has 0 heterocycles. The van der Waals surface area contributed by atoms with Gasteiger partial charge in [0.1, 0.15) is 0 Å². The largest absolute Gasteiger partial charge is 0.416 e. The molecule has 96 valence electrons. The van der Waals surface area contributed by atoms with Crippen molar-refractivity contribution in [2.24, 2.45) is 0 Å². The maximum absolute atomic E-state index is 12.4. The average Bonchev–Trinajstić information content (AvgIpc) is 2.18. The molecule has 6 heteroatoms. The molecule has 0 aliphatic rings. The van der Waals surface area contributed by atoms with E-state index >= 15 is 0 Å². The molecular weight excluding hydrogens is 253 g/mol. The Bertz CT molecular complexity index is 377. The zero-order valence-electron chi connectivity index (χ0n) is 9.61. The molecule has 0 aliphatic carbocycles. The molecule has 0 saturated carbocycles. The van der Waals surface area contributed by atoms with Crippen molar-refractivity contribution in [1.82, 2.24) is 4.90 Å². The van der Waals surface area contributed by atoms with Gasteiger partial charge in [0.15, 0.2) is 0 Å². The maximum Gasteiger partial charge on any atom is 0.416 e. The Balaban J connectivity index is 2.70. The Morgan fingerprint density at radius 3 is 2.41 bits per heavy atom. The second-order valence-electron chi connectivity index (χ2n) is 3.92. The van der Waals surface area contributed by atoms with E-state index in [9.17, 15) is 13.2 Å². The molecule has 0 saturated heterocycles. The van der Waals surface area contributed by atoms with Gasteiger partial charge in [0, 0.05) is 13.1 Å². The molecule has 0 spiro atoms. The minimum Gasteiger partial charge on any atom is -0.383 e. The number of benzene rings is 1. The Morgan fingerprint density at radius 2 is 1.94 bits per heavy atom. The molecule has 0 aromatic heterocycles. The van der Waals surface area contributed by atoms with Crippen LogP contribution in [0.3, 0.4) is 0 Å². The number of hydrogen-bond acceptors (Lipinski definition) is 2. The van der Waals surface area contributed by atoms with Crippen LogP contribution >= 0.6 is 11.6 Å². The molecule has 0 unspecified atom stereocenters. The van der Waals surface area contributed by atoms with Gasteiger partial charge in [0.25, 0.3) is 0 Å². The van der Waals surface area contributed by atoms with Crippen LogP contribution in [0.4, 0.5) is 18.9 Å². The number of alkyl halides is 3. The summed E-state index contributed by atoms with van der Waals surface area (Å²) in [6, 6.07) is 3.30. The van der Waals surface area contributed by atoms with E-state index in [4.69, 9.17) is 11.6 Å². The van der Waals surface area contributed by atoms with Crippen molar-refractivity contribution < 1.29 is 13.2 Å². The Labute approximate surface area is 103 Å². The van der Waals surface area contributed by atoms with Gasteiger partial charge in [-0.25, -0.2) is 0 Å². The molecule has 0 atom stereocenters. The van der Waals surface area contributed by atoms with Crippen LogP contribution in [0.1, 0.15) is 5.56 Å². The van der Waals surface area contributed by atoms with Gasteiger partial charge >= 0.3 is 6.18 Å². The predicted octanol–water partition coefficient (Wildman–Crippen LogP) is 3.33. The average molecular weight is 267 g/mol. The van der Waals surface area contributed by atoms with Gasteiger partial charge in [-0.1, -0.05) is 11.6 Å². The fourth-order valence-electron chi connectivity index (χ4n) is 1.25. The summed E-state index contributed by atoms with van der Waals surface area (Å²) in [6.45, 7) is 1.40. The highest BCUT2D eigenvalue weighted by atomic mass is 35.5. The van der Waals surface area contributed by atoms with Crippen LogP contribution in [0.5, 0.6) is 0 Å². The van der Waals surface area contributed by atoms with E-state index in [2.05, 4.69) is 5.32 Å². The molecule has 2 nitrogen and oxygen atoms in total. The zero-order chi connectivity index (χ0) is 13.1. The second-order valence-corrected chi connectivity index (χ2v) is 4.33. The van der Waals surface area contributed by atoms with Gasteiger partial charge in [0.2, 0.25) is 0 Å². The Hall–Kier alpha value is -0.940. The van der Waals surface area contributed by atoms with Crippen molar-refractivity contribution >= 4 is 17.3 Å². The number of likely N-dealkylation sites (N-methyl/N-ethyl adjacent to an activating group) is 1. The zero-order valence-corrected chi connectivity index (χ0v) is 10.4. The minimum absolute atomic E-state index is 0.0820. The second kappa shape index (κ2) is 5.60. The number of anilines is 1. The van der Waals surface area contributed by atoms with E-state index < -0.39 is 11.7 Å². The van der Waals surface area contributed by atoms with Gasteiger partial charge in [-0.3, -0.25) is 0 Å². The molecule has 1 rings (SSSR count). The lowest BCUT2D eigenvalue weighted by molar-refractivity contribution is -0.137.